The predicted molar refractivity (Wildman–Crippen MR) is 81.9 cm³/mol. The largest absolute Gasteiger partial charge is 0.497 e. The molecule has 1 heterocycles. The number of methoxy groups -OCH3 is 1. The normalized spacial score (nSPS) is 10.5. The van der Waals surface area contributed by atoms with Gasteiger partial charge in [0, 0.05) is 11.8 Å². The molecule has 1 aromatic heterocycles. The van der Waals surface area contributed by atoms with Crippen LogP contribution < -0.4 is 10.1 Å². The van der Waals surface area contributed by atoms with Crippen molar-refractivity contribution in [1.82, 2.24) is 0 Å². The zero-order valence-electron chi connectivity index (χ0n) is 11.2. The first-order chi connectivity index (χ1) is 10.1. The smallest absolute Gasteiger partial charge is 0.328 e. The van der Waals surface area contributed by atoms with Crippen molar-refractivity contribution in [1.29, 1.82) is 0 Å². The summed E-state index contributed by atoms with van der Waals surface area (Å²) in [6, 6.07) is 8.66. The van der Waals surface area contributed by atoms with Crippen LogP contribution in [0.2, 0.25) is 0 Å². The Labute approximate surface area is 125 Å². The summed E-state index contributed by atoms with van der Waals surface area (Å²) in [5.74, 6) is -0.628. The first-order valence-corrected chi connectivity index (χ1v) is 6.92. The van der Waals surface area contributed by atoms with Gasteiger partial charge < -0.3 is 15.2 Å². The summed E-state index contributed by atoms with van der Waals surface area (Å²) in [5, 5.41) is 13.1. The number of carboxylic acids is 1. The number of carbonyl (C=O) groups excluding carboxylic acids is 1. The number of amides is 1. The molecule has 0 saturated heterocycles. The number of hydrogen-bond acceptors (Lipinski definition) is 4. The Kier molecular flexibility index (Phi) is 4.73. The molecule has 2 aromatic rings. The van der Waals surface area contributed by atoms with Crippen LogP contribution in [0.3, 0.4) is 0 Å². The molecule has 1 aromatic carbocycles. The molecule has 0 radical (unpaired) electrons. The fraction of sp³-hybridized carbons (Fsp3) is 0.0667. The van der Waals surface area contributed by atoms with E-state index >= 15 is 0 Å². The van der Waals surface area contributed by atoms with Gasteiger partial charge in [0.1, 0.15) is 5.75 Å². The number of anilines is 1. The van der Waals surface area contributed by atoms with E-state index < -0.39 is 5.97 Å². The van der Waals surface area contributed by atoms with Gasteiger partial charge in [-0.1, -0.05) is 0 Å². The van der Waals surface area contributed by atoms with E-state index in [1.807, 2.05) is 0 Å². The number of benzene rings is 1. The molecule has 21 heavy (non-hydrogen) atoms. The minimum Gasteiger partial charge on any atom is -0.497 e. The van der Waals surface area contributed by atoms with E-state index in [4.69, 9.17) is 9.84 Å². The molecule has 0 fully saturated rings. The van der Waals surface area contributed by atoms with Crippen molar-refractivity contribution in [3.05, 3.63) is 52.2 Å². The molecule has 1 amide bonds. The van der Waals surface area contributed by atoms with Crippen molar-refractivity contribution in [2.45, 2.75) is 0 Å². The van der Waals surface area contributed by atoms with Gasteiger partial charge in [-0.2, -0.15) is 0 Å². The third-order valence-electron chi connectivity index (χ3n) is 2.66. The van der Waals surface area contributed by atoms with Gasteiger partial charge in [0.2, 0.25) is 0 Å². The van der Waals surface area contributed by atoms with Crippen molar-refractivity contribution in [3.8, 4) is 5.75 Å². The number of thiophene rings is 1. The van der Waals surface area contributed by atoms with E-state index in [1.165, 1.54) is 17.4 Å². The van der Waals surface area contributed by atoms with Gasteiger partial charge in [-0.25, -0.2) is 4.79 Å². The lowest BCUT2D eigenvalue weighted by molar-refractivity contribution is -0.131. The van der Waals surface area contributed by atoms with Crippen molar-refractivity contribution < 1.29 is 19.4 Å². The van der Waals surface area contributed by atoms with E-state index in [-0.39, 0.29) is 5.91 Å². The second-order valence-electron chi connectivity index (χ2n) is 4.06. The molecule has 0 unspecified atom stereocenters. The average molecular weight is 303 g/mol. The van der Waals surface area contributed by atoms with Gasteiger partial charge >= 0.3 is 5.97 Å². The number of rotatable bonds is 5. The van der Waals surface area contributed by atoms with Crippen LogP contribution in [0.15, 0.2) is 41.8 Å². The minimum absolute atomic E-state index is 0.278. The highest BCUT2D eigenvalue weighted by Crippen LogP contribution is 2.21. The molecule has 0 aliphatic carbocycles. The van der Waals surface area contributed by atoms with Crippen LogP contribution in [0.25, 0.3) is 6.08 Å². The van der Waals surface area contributed by atoms with E-state index in [9.17, 15) is 9.59 Å². The monoisotopic (exact) mass is 303 g/mol. The summed E-state index contributed by atoms with van der Waals surface area (Å²) in [5.41, 5.74) is 1.22. The van der Waals surface area contributed by atoms with E-state index in [1.54, 1.807) is 42.8 Å². The third-order valence-corrected chi connectivity index (χ3v) is 3.58. The van der Waals surface area contributed by atoms with Crippen LogP contribution in [0.5, 0.6) is 5.75 Å². The Morgan fingerprint density at radius 1 is 1.24 bits per heavy atom. The van der Waals surface area contributed by atoms with Crippen LogP contribution in [0.1, 0.15) is 15.2 Å². The van der Waals surface area contributed by atoms with Gasteiger partial charge in [-0.15, -0.1) is 11.3 Å². The molecular formula is C15H13NO4S. The molecule has 0 saturated carbocycles. The molecule has 2 N–H and O–H groups in total. The van der Waals surface area contributed by atoms with Crippen molar-refractivity contribution in [3.63, 3.8) is 0 Å². The van der Waals surface area contributed by atoms with Gasteiger partial charge in [0.15, 0.2) is 0 Å². The lowest BCUT2D eigenvalue weighted by Gasteiger charge is -2.05. The first kappa shape index (κ1) is 14.8. The summed E-state index contributed by atoms with van der Waals surface area (Å²) >= 11 is 1.26. The van der Waals surface area contributed by atoms with Crippen molar-refractivity contribution >= 4 is 35.0 Å². The summed E-state index contributed by atoms with van der Waals surface area (Å²) < 4.78 is 5.04. The Morgan fingerprint density at radius 3 is 2.57 bits per heavy atom. The standard InChI is InChI=1S/C15H13NO4S/c1-20-12-5-3-11(4-6-12)16-15(19)14-10(8-9-21-14)2-7-13(17)18/h2-9H,1H3,(H,16,19)(H,17,18). The molecule has 108 valence electrons. The van der Waals surface area contributed by atoms with Crippen LogP contribution in [0.4, 0.5) is 5.69 Å². The molecule has 0 spiro atoms. The van der Waals surface area contributed by atoms with Gasteiger partial charge in [0.05, 0.1) is 12.0 Å². The molecule has 6 heteroatoms. The number of carbonyl (C=O) groups is 2. The zero-order valence-corrected chi connectivity index (χ0v) is 12.0. The summed E-state index contributed by atoms with van der Waals surface area (Å²) in [6.07, 6.45) is 2.41. The van der Waals surface area contributed by atoms with Crippen LogP contribution >= 0.6 is 11.3 Å². The predicted octanol–water partition coefficient (Wildman–Crippen LogP) is 3.11. The fourth-order valence-corrected chi connectivity index (χ4v) is 2.44. The molecule has 0 aliphatic heterocycles. The number of carboxylic acid groups (broad SMARTS) is 1. The summed E-state index contributed by atoms with van der Waals surface area (Å²) in [7, 11) is 1.57. The summed E-state index contributed by atoms with van der Waals surface area (Å²) in [4.78, 5) is 23.2. The molecule has 0 aliphatic rings. The van der Waals surface area contributed by atoms with Crippen molar-refractivity contribution in [2.75, 3.05) is 12.4 Å². The van der Waals surface area contributed by atoms with Crippen LogP contribution in [0, 0.1) is 0 Å². The second kappa shape index (κ2) is 6.71. The lowest BCUT2D eigenvalue weighted by Crippen LogP contribution is -2.11. The third kappa shape index (κ3) is 3.93. The van der Waals surface area contributed by atoms with Gasteiger partial charge in [0.25, 0.3) is 5.91 Å². The number of ether oxygens (including phenoxy) is 1. The maximum atomic E-state index is 12.2. The topological polar surface area (TPSA) is 75.6 Å². The highest BCUT2D eigenvalue weighted by Gasteiger charge is 2.12. The Hall–Kier alpha value is -2.60. The molecule has 2 rings (SSSR count). The molecule has 0 bridgehead atoms. The first-order valence-electron chi connectivity index (χ1n) is 6.04. The van der Waals surface area contributed by atoms with E-state index in [2.05, 4.69) is 5.32 Å². The molecule has 5 nitrogen and oxygen atoms in total. The number of aliphatic carboxylic acids is 1. The van der Waals surface area contributed by atoms with Crippen LogP contribution in [-0.4, -0.2) is 24.1 Å². The highest BCUT2D eigenvalue weighted by molar-refractivity contribution is 7.12. The van der Waals surface area contributed by atoms with Gasteiger partial charge in [-0.05, 0) is 47.4 Å². The second-order valence-corrected chi connectivity index (χ2v) is 4.98. The Morgan fingerprint density at radius 2 is 1.95 bits per heavy atom. The Balaban J connectivity index is 2.13. The quantitative estimate of drug-likeness (QED) is 0.832. The number of nitrogens with one attached hydrogen (secondary N) is 1. The average Bonchev–Trinajstić information content (AvgIpc) is 2.94. The van der Waals surface area contributed by atoms with Gasteiger partial charge in [-0.3, -0.25) is 4.79 Å². The highest BCUT2D eigenvalue weighted by atomic mass is 32.1. The minimum atomic E-state index is -1.05. The van der Waals surface area contributed by atoms with Crippen LogP contribution in [-0.2, 0) is 4.79 Å². The fourth-order valence-electron chi connectivity index (χ4n) is 1.66. The molecular weight excluding hydrogens is 290 g/mol. The Bertz CT molecular complexity index is 673. The summed E-state index contributed by atoms with van der Waals surface area (Å²) in [6.45, 7) is 0. The number of hydrogen-bond donors (Lipinski definition) is 2. The lowest BCUT2D eigenvalue weighted by atomic mass is 10.2. The van der Waals surface area contributed by atoms with E-state index in [0.29, 0.717) is 21.9 Å². The molecule has 0 atom stereocenters. The maximum Gasteiger partial charge on any atom is 0.328 e. The van der Waals surface area contributed by atoms with Crippen molar-refractivity contribution in [2.24, 2.45) is 0 Å². The van der Waals surface area contributed by atoms with E-state index in [0.717, 1.165) is 6.08 Å². The zero-order chi connectivity index (χ0) is 15.2. The maximum absolute atomic E-state index is 12.2. The SMILES string of the molecule is COc1ccc(NC(=O)c2sccc2C=CC(=O)O)cc1.